The molecule has 2 amide bonds. The highest BCUT2D eigenvalue weighted by Crippen LogP contribution is 2.20. The van der Waals surface area contributed by atoms with Crippen LogP contribution in [0.2, 0.25) is 5.02 Å². The fraction of sp³-hybridized carbons (Fsp3) is 0.333. The molecule has 0 aliphatic heterocycles. The molecule has 0 aromatic heterocycles. The molecule has 144 valence electrons. The van der Waals surface area contributed by atoms with Gasteiger partial charge in [0.05, 0.1) is 18.5 Å². The lowest BCUT2D eigenvalue weighted by molar-refractivity contribution is -0.123. The van der Waals surface area contributed by atoms with Crippen molar-refractivity contribution in [3.63, 3.8) is 0 Å². The first-order valence-corrected chi connectivity index (χ1v) is 9.25. The van der Waals surface area contributed by atoms with Crippen molar-refractivity contribution >= 4 is 23.4 Å². The van der Waals surface area contributed by atoms with Gasteiger partial charge in [-0.25, -0.2) is 0 Å². The van der Waals surface area contributed by atoms with Crippen molar-refractivity contribution < 1.29 is 9.59 Å². The van der Waals surface area contributed by atoms with E-state index in [-0.39, 0.29) is 24.3 Å². The maximum atomic E-state index is 12.5. The van der Waals surface area contributed by atoms with Gasteiger partial charge in [-0.1, -0.05) is 54.1 Å². The molecule has 0 spiro atoms. The van der Waals surface area contributed by atoms with Gasteiger partial charge >= 0.3 is 0 Å². The van der Waals surface area contributed by atoms with Gasteiger partial charge in [-0.05, 0) is 37.4 Å². The fourth-order valence-electron chi connectivity index (χ4n) is 2.93. The summed E-state index contributed by atoms with van der Waals surface area (Å²) in [5, 5.41) is 6.44. The molecule has 0 fully saturated rings. The number of nitrogens with one attached hydrogen (secondary N) is 2. The summed E-state index contributed by atoms with van der Waals surface area (Å²) in [6.45, 7) is 1.93. The van der Waals surface area contributed by atoms with Crippen molar-refractivity contribution in [1.82, 2.24) is 15.5 Å². The van der Waals surface area contributed by atoms with E-state index in [1.165, 1.54) is 6.92 Å². The summed E-state index contributed by atoms with van der Waals surface area (Å²) in [5.74, 6) is -0.301. The van der Waals surface area contributed by atoms with E-state index in [1.54, 1.807) is 12.1 Å². The lowest BCUT2D eigenvalue weighted by Gasteiger charge is -2.25. The maximum absolute atomic E-state index is 12.5. The Balaban J connectivity index is 2.02. The van der Waals surface area contributed by atoms with Crippen molar-refractivity contribution in [1.29, 1.82) is 0 Å². The predicted octanol–water partition coefficient (Wildman–Crippen LogP) is 3.33. The third-order valence-electron chi connectivity index (χ3n) is 4.34. The number of carbonyl (C=O) groups excluding carboxylic acids is 2. The Morgan fingerprint density at radius 3 is 2.19 bits per heavy atom. The summed E-state index contributed by atoms with van der Waals surface area (Å²) < 4.78 is 0. The van der Waals surface area contributed by atoms with Gasteiger partial charge in [0.1, 0.15) is 0 Å². The molecular formula is C21H26ClN3O2. The highest BCUT2D eigenvalue weighted by Gasteiger charge is 2.19. The summed E-state index contributed by atoms with van der Waals surface area (Å²) in [6.07, 6.45) is 0.163. The number of carbonyl (C=O) groups is 2. The van der Waals surface area contributed by atoms with Crippen LogP contribution in [0.1, 0.15) is 36.6 Å². The average Bonchev–Trinajstić information content (AvgIpc) is 2.62. The van der Waals surface area contributed by atoms with Gasteiger partial charge < -0.3 is 15.5 Å². The standard InChI is InChI=1S/C21H26ClN3O2/c1-15(26)24-19(16-9-11-18(22)12-10-16)13-21(27)23-14-20(25(2)3)17-7-5-4-6-8-17/h4-12,19-20H,13-14H2,1-3H3,(H,23,27)(H,24,26). The second-order valence-electron chi connectivity index (χ2n) is 6.70. The largest absolute Gasteiger partial charge is 0.354 e. The smallest absolute Gasteiger partial charge is 0.222 e. The van der Waals surface area contributed by atoms with Gasteiger partial charge in [-0.3, -0.25) is 9.59 Å². The van der Waals surface area contributed by atoms with Crippen LogP contribution in [0.15, 0.2) is 54.6 Å². The topological polar surface area (TPSA) is 61.4 Å². The minimum absolute atomic E-state index is 0.0740. The molecule has 2 aromatic carbocycles. The molecule has 0 bridgehead atoms. The van der Waals surface area contributed by atoms with E-state index in [9.17, 15) is 9.59 Å². The van der Waals surface area contributed by atoms with Crippen molar-refractivity contribution in [3.8, 4) is 0 Å². The van der Waals surface area contributed by atoms with Crippen LogP contribution in [0.25, 0.3) is 0 Å². The van der Waals surface area contributed by atoms with Crippen LogP contribution in [-0.4, -0.2) is 37.4 Å². The first-order valence-electron chi connectivity index (χ1n) is 8.87. The lowest BCUT2D eigenvalue weighted by Crippen LogP contribution is -2.37. The minimum Gasteiger partial charge on any atom is -0.354 e. The van der Waals surface area contributed by atoms with E-state index in [0.717, 1.165) is 11.1 Å². The van der Waals surface area contributed by atoms with E-state index >= 15 is 0 Å². The van der Waals surface area contributed by atoms with Gasteiger partial charge in [0.2, 0.25) is 11.8 Å². The van der Waals surface area contributed by atoms with E-state index < -0.39 is 6.04 Å². The molecule has 0 aliphatic rings. The number of halogens is 1. The number of rotatable bonds is 8. The number of benzene rings is 2. The second kappa shape index (κ2) is 10.1. The summed E-state index contributed by atoms with van der Waals surface area (Å²) in [7, 11) is 3.97. The molecule has 0 heterocycles. The summed E-state index contributed by atoms with van der Waals surface area (Å²) >= 11 is 5.93. The quantitative estimate of drug-likeness (QED) is 0.730. The van der Waals surface area contributed by atoms with Gasteiger partial charge in [0.15, 0.2) is 0 Å². The molecule has 2 rings (SSSR count). The molecule has 2 unspecified atom stereocenters. The summed E-state index contributed by atoms with van der Waals surface area (Å²) in [5.41, 5.74) is 1.98. The average molecular weight is 388 g/mol. The molecule has 0 saturated heterocycles. The number of hydrogen-bond acceptors (Lipinski definition) is 3. The van der Waals surface area contributed by atoms with Gasteiger partial charge in [0, 0.05) is 18.5 Å². The molecule has 2 aromatic rings. The Morgan fingerprint density at radius 2 is 1.63 bits per heavy atom. The number of hydrogen-bond donors (Lipinski definition) is 2. The molecule has 2 atom stereocenters. The molecule has 2 N–H and O–H groups in total. The van der Waals surface area contributed by atoms with Crippen molar-refractivity contribution in [2.45, 2.75) is 25.4 Å². The fourth-order valence-corrected chi connectivity index (χ4v) is 3.06. The maximum Gasteiger partial charge on any atom is 0.222 e. The van der Waals surface area contributed by atoms with Crippen LogP contribution in [0, 0.1) is 0 Å². The molecular weight excluding hydrogens is 362 g/mol. The van der Waals surface area contributed by atoms with Crippen LogP contribution >= 0.6 is 11.6 Å². The Morgan fingerprint density at radius 1 is 1.00 bits per heavy atom. The van der Waals surface area contributed by atoms with Crippen LogP contribution in [-0.2, 0) is 9.59 Å². The number of nitrogens with zero attached hydrogens (tertiary/aromatic N) is 1. The van der Waals surface area contributed by atoms with Gasteiger partial charge in [-0.15, -0.1) is 0 Å². The summed E-state index contributed by atoms with van der Waals surface area (Å²) in [4.78, 5) is 26.1. The van der Waals surface area contributed by atoms with E-state index in [2.05, 4.69) is 15.5 Å². The molecule has 0 aliphatic carbocycles. The minimum atomic E-state index is -0.394. The van der Waals surface area contributed by atoms with Crippen molar-refractivity contribution in [2.24, 2.45) is 0 Å². The number of amides is 2. The molecule has 27 heavy (non-hydrogen) atoms. The van der Waals surface area contributed by atoms with Crippen LogP contribution in [0.3, 0.4) is 0 Å². The highest BCUT2D eigenvalue weighted by atomic mass is 35.5. The van der Waals surface area contributed by atoms with Gasteiger partial charge in [-0.2, -0.15) is 0 Å². The zero-order chi connectivity index (χ0) is 19.8. The van der Waals surface area contributed by atoms with Crippen molar-refractivity contribution in [2.75, 3.05) is 20.6 Å². The first kappa shape index (κ1) is 20.9. The molecule has 6 heteroatoms. The van der Waals surface area contributed by atoms with Crippen molar-refractivity contribution in [3.05, 3.63) is 70.7 Å². The van der Waals surface area contributed by atoms with Crippen LogP contribution in [0.5, 0.6) is 0 Å². The third kappa shape index (κ3) is 6.70. The molecule has 0 radical (unpaired) electrons. The zero-order valence-corrected chi connectivity index (χ0v) is 16.7. The van der Waals surface area contributed by atoms with E-state index in [4.69, 9.17) is 11.6 Å². The lowest BCUT2D eigenvalue weighted by atomic mass is 10.0. The summed E-state index contributed by atoms with van der Waals surface area (Å²) in [6, 6.07) is 16.9. The molecule has 5 nitrogen and oxygen atoms in total. The predicted molar refractivity (Wildman–Crippen MR) is 109 cm³/mol. The van der Waals surface area contributed by atoms with E-state index in [0.29, 0.717) is 11.6 Å². The normalized spacial score (nSPS) is 13.1. The first-order chi connectivity index (χ1) is 12.9. The number of likely N-dealkylation sites (N-methyl/N-ethyl adjacent to an activating group) is 1. The third-order valence-corrected chi connectivity index (χ3v) is 4.59. The Hall–Kier alpha value is -2.37. The van der Waals surface area contributed by atoms with E-state index in [1.807, 2.05) is 56.6 Å². The van der Waals surface area contributed by atoms with Crippen LogP contribution in [0.4, 0.5) is 0 Å². The van der Waals surface area contributed by atoms with Crippen LogP contribution < -0.4 is 10.6 Å². The Labute approximate surface area is 165 Å². The SMILES string of the molecule is CC(=O)NC(CC(=O)NCC(c1ccccc1)N(C)C)c1ccc(Cl)cc1. The monoisotopic (exact) mass is 387 g/mol. The molecule has 0 saturated carbocycles. The second-order valence-corrected chi connectivity index (χ2v) is 7.14. The highest BCUT2D eigenvalue weighted by molar-refractivity contribution is 6.30. The zero-order valence-electron chi connectivity index (χ0n) is 15.9. The van der Waals surface area contributed by atoms with Gasteiger partial charge in [0.25, 0.3) is 0 Å². The Kier molecular flexibility index (Phi) is 7.82. The Bertz CT molecular complexity index is 748.